The Labute approximate surface area is 73.4 Å². The van der Waals surface area contributed by atoms with E-state index in [-0.39, 0.29) is 5.82 Å². The van der Waals surface area contributed by atoms with Gasteiger partial charge in [-0.1, -0.05) is 0 Å². The van der Waals surface area contributed by atoms with Crippen LogP contribution in [0.15, 0.2) is 34.7 Å². The monoisotopic (exact) mass is 180 g/mol. The third kappa shape index (κ3) is 1.23. The van der Waals surface area contributed by atoms with Crippen molar-refractivity contribution in [2.45, 2.75) is 0 Å². The minimum Gasteiger partial charge on any atom is -0.445 e. The molecule has 1 aromatic carbocycles. The Morgan fingerprint density at radius 3 is 2.83 bits per heavy atom. The smallest absolute Gasteiger partial charge is 0.190 e. The van der Waals surface area contributed by atoms with Gasteiger partial charge in [0.2, 0.25) is 0 Å². The van der Waals surface area contributed by atoms with Crippen molar-refractivity contribution in [2.24, 2.45) is 0 Å². The Morgan fingerprint density at radius 2 is 2.00 bits per heavy atom. The largest absolute Gasteiger partial charge is 0.445 e. The number of benzene rings is 1. The standard InChI is InChI=1S/C9H5FOS/c10-7-2-3-8-6(5-7)1-4-9(12)11-8/h1-5H. The molecular weight excluding hydrogens is 175 g/mol. The molecule has 0 N–H and O–H groups in total. The summed E-state index contributed by atoms with van der Waals surface area (Å²) in [6.45, 7) is 0. The Morgan fingerprint density at radius 1 is 1.17 bits per heavy atom. The van der Waals surface area contributed by atoms with Gasteiger partial charge >= 0.3 is 0 Å². The summed E-state index contributed by atoms with van der Waals surface area (Å²) >= 11 is 4.81. The van der Waals surface area contributed by atoms with Gasteiger partial charge in [0, 0.05) is 5.39 Å². The molecule has 1 aromatic heterocycles. The maximum absolute atomic E-state index is 12.7. The predicted molar refractivity (Wildman–Crippen MR) is 47.0 cm³/mol. The van der Waals surface area contributed by atoms with Crippen LogP contribution in [0.4, 0.5) is 4.39 Å². The Hall–Kier alpha value is -1.22. The summed E-state index contributed by atoms with van der Waals surface area (Å²) in [6.07, 6.45) is 0. The lowest BCUT2D eigenvalue weighted by Crippen LogP contribution is -1.75. The normalized spacial score (nSPS) is 10.4. The molecule has 0 spiro atoms. The number of halogens is 1. The Balaban J connectivity index is 2.87. The third-order valence-electron chi connectivity index (χ3n) is 1.58. The van der Waals surface area contributed by atoms with E-state index in [9.17, 15) is 4.39 Å². The van der Waals surface area contributed by atoms with Gasteiger partial charge in [0.25, 0.3) is 0 Å². The molecule has 0 radical (unpaired) electrons. The lowest BCUT2D eigenvalue weighted by atomic mass is 10.2. The molecule has 1 heterocycles. The van der Waals surface area contributed by atoms with Gasteiger partial charge in [-0.3, -0.25) is 0 Å². The van der Waals surface area contributed by atoms with Crippen LogP contribution in [0.5, 0.6) is 0 Å². The summed E-state index contributed by atoms with van der Waals surface area (Å²) in [6, 6.07) is 7.70. The first-order valence-corrected chi connectivity index (χ1v) is 3.86. The Bertz CT molecular complexity index is 475. The molecule has 12 heavy (non-hydrogen) atoms. The van der Waals surface area contributed by atoms with Gasteiger partial charge in [0.1, 0.15) is 11.4 Å². The summed E-state index contributed by atoms with van der Waals surface area (Å²) in [5.41, 5.74) is 0.615. The SMILES string of the molecule is Fc1ccc2oc(=S)ccc2c1. The highest BCUT2D eigenvalue weighted by molar-refractivity contribution is 7.71. The molecule has 1 nitrogen and oxygen atoms in total. The van der Waals surface area contributed by atoms with E-state index in [1.807, 2.05) is 0 Å². The lowest BCUT2D eigenvalue weighted by molar-refractivity contribution is 0.582. The molecule has 0 atom stereocenters. The topological polar surface area (TPSA) is 13.1 Å². The van der Waals surface area contributed by atoms with Crippen molar-refractivity contribution in [3.63, 3.8) is 0 Å². The second kappa shape index (κ2) is 2.68. The number of fused-ring (bicyclic) bond motifs is 1. The fourth-order valence-corrected chi connectivity index (χ4v) is 1.20. The van der Waals surface area contributed by atoms with Gasteiger partial charge in [-0.2, -0.15) is 0 Å². The van der Waals surface area contributed by atoms with Crippen molar-refractivity contribution >= 4 is 23.2 Å². The van der Waals surface area contributed by atoms with Gasteiger partial charge in [-0.25, -0.2) is 4.39 Å². The van der Waals surface area contributed by atoms with Gasteiger partial charge in [0.05, 0.1) is 0 Å². The summed E-state index contributed by atoms with van der Waals surface area (Å²) in [5, 5.41) is 0.726. The lowest BCUT2D eigenvalue weighted by Gasteiger charge is -1.94. The van der Waals surface area contributed by atoms with Crippen LogP contribution in [0.25, 0.3) is 11.0 Å². The Kier molecular flexibility index (Phi) is 1.66. The molecule has 0 unspecified atom stereocenters. The van der Waals surface area contributed by atoms with E-state index in [4.69, 9.17) is 16.6 Å². The van der Waals surface area contributed by atoms with E-state index in [1.165, 1.54) is 12.1 Å². The zero-order valence-electron chi connectivity index (χ0n) is 6.08. The van der Waals surface area contributed by atoms with Crippen LogP contribution >= 0.6 is 12.2 Å². The first-order chi connectivity index (χ1) is 5.75. The van der Waals surface area contributed by atoms with Crippen molar-refractivity contribution in [1.29, 1.82) is 0 Å². The van der Waals surface area contributed by atoms with Crippen molar-refractivity contribution in [1.82, 2.24) is 0 Å². The zero-order chi connectivity index (χ0) is 8.55. The van der Waals surface area contributed by atoms with Gasteiger partial charge in [-0.15, -0.1) is 0 Å². The first kappa shape index (κ1) is 7.43. The maximum atomic E-state index is 12.7. The fourth-order valence-electron chi connectivity index (χ4n) is 1.04. The van der Waals surface area contributed by atoms with Crippen molar-refractivity contribution < 1.29 is 8.81 Å². The number of rotatable bonds is 0. The zero-order valence-corrected chi connectivity index (χ0v) is 6.90. The second-order valence-corrected chi connectivity index (χ2v) is 2.84. The molecule has 3 heteroatoms. The molecule has 0 fully saturated rings. The molecule has 0 saturated heterocycles. The van der Waals surface area contributed by atoms with Crippen LogP contribution in [-0.2, 0) is 0 Å². The van der Waals surface area contributed by atoms with Gasteiger partial charge < -0.3 is 4.42 Å². The highest BCUT2D eigenvalue weighted by Crippen LogP contribution is 2.15. The van der Waals surface area contributed by atoms with E-state index >= 15 is 0 Å². The molecule has 60 valence electrons. The molecule has 0 aliphatic heterocycles. The summed E-state index contributed by atoms with van der Waals surface area (Å²) in [5.74, 6) is -0.269. The van der Waals surface area contributed by atoms with E-state index in [0.29, 0.717) is 10.3 Å². The minimum absolute atomic E-state index is 0.269. The first-order valence-electron chi connectivity index (χ1n) is 3.45. The highest BCUT2D eigenvalue weighted by atomic mass is 32.1. The molecule has 0 amide bonds. The van der Waals surface area contributed by atoms with E-state index in [1.54, 1.807) is 18.2 Å². The molecule has 2 rings (SSSR count). The fraction of sp³-hybridized carbons (Fsp3) is 0. The summed E-state index contributed by atoms with van der Waals surface area (Å²) < 4.78 is 18.2. The molecule has 0 bridgehead atoms. The van der Waals surface area contributed by atoms with E-state index in [0.717, 1.165) is 5.39 Å². The highest BCUT2D eigenvalue weighted by Gasteiger charge is 1.95. The van der Waals surface area contributed by atoms with E-state index < -0.39 is 0 Å². The van der Waals surface area contributed by atoms with Crippen LogP contribution in [0.1, 0.15) is 0 Å². The maximum Gasteiger partial charge on any atom is 0.190 e. The van der Waals surface area contributed by atoms with Crippen LogP contribution in [-0.4, -0.2) is 0 Å². The quantitative estimate of drug-likeness (QED) is 0.577. The van der Waals surface area contributed by atoms with Crippen molar-refractivity contribution in [2.75, 3.05) is 0 Å². The average molecular weight is 180 g/mol. The van der Waals surface area contributed by atoms with Gasteiger partial charge in [-0.05, 0) is 42.5 Å². The third-order valence-corrected chi connectivity index (χ3v) is 1.80. The molecule has 0 saturated carbocycles. The molecule has 0 aliphatic rings. The van der Waals surface area contributed by atoms with E-state index in [2.05, 4.69) is 0 Å². The molecule has 2 aromatic rings. The minimum atomic E-state index is -0.269. The summed E-state index contributed by atoms with van der Waals surface area (Å²) in [7, 11) is 0. The predicted octanol–water partition coefficient (Wildman–Crippen LogP) is 3.30. The molecular formula is C9H5FOS. The average Bonchev–Trinajstić information content (AvgIpc) is 2.05. The number of hydrogen-bond donors (Lipinski definition) is 0. The van der Waals surface area contributed by atoms with Crippen LogP contribution in [0.2, 0.25) is 0 Å². The van der Waals surface area contributed by atoms with Crippen LogP contribution in [0.3, 0.4) is 0 Å². The van der Waals surface area contributed by atoms with Gasteiger partial charge in [0.15, 0.2) is 4.71 Å². The van der Waals surface area contributed by atoms with Crippen LogP contribution in [0, 0.1) is 10.5 Å². The number of hydrogen-bond acceptors (Lipinski definition) is 2. The van der Waals surface area contributed by atoms with Crippen molar-refractivity contribution in [3.05, 3.63) is 40.9 Å². The molecule has 0 aliphatic carbocycles. The van der Waals surface area contributed by atoms with Crippen molar-refractivity contribution in [3.8, 4) is 0 Å². The summed E-state index contributed by atoms with van der Waals surface area (Å²) in [4.78, 5) is 0. The van der Waals surface area contributed by atoms with Crippen LogP contribution < -0.4 is 0 Å². The second-order valence-electron chi connectivity index (χ2n) is 2.44.